The minimum Gasteiger partial charge on any atom is -0.0797 e. The molecule has 0 fully saturated rings. The molecule has 1 aromatic rings. The molecule has 1 aliphatic rings. The van der Waals surface area contributed by atoms with Gasteiger partial charge in [-0.25, -0.2) is 0 Å². The van der Waals surface area contributed by atoms with Gasteiger partial charge >= 0.3 is 0 Å². The molecule has 2 rings (SSSR count). The molecule has 1 aliphatic carbocycles. The van der Waals surface area contributed by atoms with E-state index in [2.05, 4.69) is 43.3 Å². The molecule has 0 nitrogen and oxygen atoms in total. The van der Waals surface area contributed by atoms with E-state index in [0.29, 0.717) is 5.54 Å². The Kier molecular flexibility index (Phi) is 4.46. The molecule has 0 heterocycles. The largest absolute Gasteiger partial charge is 0.0797 e. The van der Waals surface area contributed by atoms with Gasteiger partial charge in [0.05, 0.1) is 9.52 Å². The summed E-state index contributed by atoms with van der Waals surface area (Å²) in [6.07, 6.45) is 4.59. The van der Waals surface area contributed by atoms with Crippen molar-refractivity contribution in [1.82, 2.24) is 0 Å². The van der Waals surface area contributed by atoms with E-state index >= 15 is 0 Å². The minimum atomic E-state index is 0. The molecule has 1 unspecified atom stereocenters. The fourth-order valence-electron chi connectivity index (χ4n) is 1.65. The van der Waals surface area contributed by atoms with E-state index < -0.39 is 0 Å². The van der Waals surface area contributed by atoms with Crippen molar-refractivity contribution in [2.45, 2.75) is 18.5 Å². The first kappa shape index (κ1) is 11.3. The SMILES string of the molecule is CC[Si]C1C=Cc2ccccc21.[Na]. The van der Waals surface area contributed by atoms with Crippen molar-refractivity contribution in [3.8, 4) is 0 Å². The maximum Gasteiger partial charge on any atom is 0.0524 e. The molecule has 3 radical (unpaired) electrons. The summed E-state index contributed by atoms with van der Waals surface area (Å²) in [5.74, 6) is 0. The summed E-state index contributed by atoms with van der Waals surface area (Å²) in [6.45, 7) is 2.26. The van der Waals surface area contributed by atoms with E-state index in [4.69, 9.17) is 0 Å². The van der Waals surface area contributed by atoms with E-state index in [-0.39, 0.29) is 29.6 Å². The van der Waals surface area contributed by atoms with Gasteiger partial charge in [0.15, 0.2) is 0 Å². The molecule has 61 valence electrons. The van der Waals surface area contributed by atoms with Crippen LogP contribution in [0.1, 0.15) is 23.6 Å². The van der Waals surface area contributed by atoms with Crippen LogP contribution in [-0.4, -0.2) is 39.1 Å². The normalized spacial score (nSPS) is 18.1. The maximum atomic E-state index is 2.34. The Labute approximate surface area is 105 Å². The molecule has 0 N–H and O–H groups in total. The molecule has 0 saturated heterocycles. The van der Waals surface area contributed by atoms with E-state index in [0.717, 1.165) is 9.52 Å². The predicted molar refractivity (Wildman–Crippen MR) is 60.2 cm³/mol. The zero-order valence-electron chi connectivity index (χ0n) is 8.25. The van der Waals surface area contributed by atoms with Gasteiger partial charge in [-0.3, -0.25) is 0 Å². The second kappa shape index (κ2) is 5.16. The molecule has 0 aromatic heterocycles. The molecule has 1 atom stereocenters. The summed E-state index contributed by atoms with van der Waals surface area (Å²) in [5.41, 5.74) is 3.66. The number of fused-ring (bicyclic) bond motifs is 1. The summed E-state index contributed by atoms with van der Waals surface area (Å²) >= 11 is 0. The topological polar surface area (TPSA) is 0 Å². The third-order valence-electron chi connectivity index (χ3n) is 2.22. The van der Waals surface area contributed by atoms with Crippen LogP contribution < -0.4 is 0 Å². The number of rotatable bonds is 2. The Bertz CT molecular complexity index is 307. The van der Waals surface area contributed by atoms with Crippen molar-refractivity contribution in [3.63, 3.8) is 0 Å². The second-order valence-electron chi connectivity index (χ2n) is 3.02. The van der Waals surface area contributed by atoms with Crippen LogP contribution in [-0.2, 0) is 0 Å². The van der Waals surface area contributed by atoms with Crippen molar-refractivity contribution in [2.24, 2.45) is 0 Å². The van der Waals surface area contributed by atoms with Crippen LogP contribution in [0, 0.1) is 0 Å². The summed E-state index contributed by atoms with van der Waals surface area (Å²) in [6, 6.07) is 10.00. The van der Waals surface area contributed by atoms with Crippen molar-refractivity contribution in [3.05, 3.63) is 41.5 Å². The van der Waals surface area contributed by atoms with E-state index in [1.165, 1.54) is 17.2 Å². The average Bonchev–Trinajstić information content (AvgIpc) is 2.50. The second-order valence-corrected chi connectivity index (χ2v) is 4.76. The molecule has 0 aliphatic heterocycles. The van der Waals surface area contributed by atoms with Gasteiger partial charge in [0.2, 0.25) is 0 Å². The smallest absolute Gasteiger partial charge is 0.0524 e. The first-order valence-electron chi connectivity index (χ1n) is 4.42. The Hall–Kier alpha value is 0.177. The quantitative estimate of drug-likeness (QED) is 0.636. The molecular formula is C11H12NaSi. The van der Waals surface area contributed by atoms with Gasteiger partial charge in [-0.1, -0.05) is 49.4 Å². The molecule has 1 aromatic carbocycles. The number of hydrogen-bond donors (Lipinski definition) is 0. The first-order valence-corrected chi connectivity index (χ1v) is 5.71. The third kappa shape index (κ3) is 2.35. The Balaban J connectivity index is 0.000000845. The van der Waals surface area contributed by atoms with Gasteiger partial charge < -0.3 is 0 Å². The number of benzene rings is 1. The third-order valence-corrected chi connectivity index (χ3v) is 3.57. The summed E-state index contributed by atoms with van der Waals surface area (Å²) in [5, 5.41) is 0. The molecule has 0 spiro atoms. The standard InChI is InChI=1S/C11H12Si.Na/c1-2-12-11-8-7-9-5-3-4-6-10(9)11;/h3-8,11H,2H2,1H3;. The number of allylic oxidation sites excluding steroid dienone is 1. The Morgan fingerprint density at radius 2 is 2.08 bits per heavy atom. The molecule has 0 amide bonds. The van der Waals surface area contributed by atoms with Crippen molar-refractivity contribution >= 4 is 45.2 Å². The predicted octanol–water partition coefficient (Wildman–Crippen LogP) is 2.52. The van der Waals surface area contributed by atoms with Crippen LogP contribution in [0.5, 0.6) is 0 Å². The zero-order valence-corrected chi connectivity index (χ0v) is 11.2. The van der Waals surface area contributed by atoms with Gasteiger partial charge in [0, 0.05) is 29.6 Å². The van der Waals surface area contributed by atoms with Crippen LogP contribution in [0.2, 0.25) is 6.04 Å². The van der Waals surface area contributed by atoms with E-state index in [1.807, 2.05) is 0 Å². The first-order chi connectivity index (χ1) is 5.92. The fraction of sp³-hybridized carbons (Fsp3) is 0.273. The Morgan fingerprint density at radius 1 is 1.31 bits per heavy atom. The van der Waals surface area contributed by atoms with Gasteiger partial charge in [-0.05, 0) is 16.7 Å². The van der Waals surface area contributed by atoms with Crippen LogP contribution in [0.25, 0.3) is 6.08 Å². The van der Waals surface area contributed by atoms with Gasteiger partial charge in [0.1, 0.15) is 0 Å². The summed E-state index contributed by atoms with van der Waals surface area (Å²) < 4.78 is 0. The van der Waals surface area contributed by atoms with Crippen molar-refractivity contribution < 1.29 is 0 Å². The van der Waals surface area contributed by atoms with Crippen LogP contribution in [0.4, 0.5) is 0 Å². The van der Waals surface area contributed by atoms with Crippen molar-refractivity contribution in [2.75, 3.05) is 0 Å². The van der Waals surface area contributed by atoms with Gasteiger partial charge in [-0.15, -0.1) is 0 Å². The van der Waals surface area contributed by atoms with Gasteiger partial charge in [0.25, 0.3) is 0 Å². The summed E-state index contributed by atoms with van der Waals surface area (Å²) in [4.78, 5) is 0. The number of hydrogen-bond acceptors (Lipinski definition) is 0. The van der Waals surface area contributed by atoms with Gasteiger partial charge in [-0.2, -0.15) is 0 Å². The van der Waals surface area contributed by atoms with E-state index in [9.17, 15) is 0 Å². The molecule has 2 heteroatoms. The van der Waals surface area contributed by atoms with Crippen LogP contribution in [0.3, 0.4) is 0 Å². The molecule has 0 bridgehead atoms. The molecule has 13 heavy (non-hydrogen) atoms. The summed E-state index contributed by atoms with van der Waals surface area (Å²) in [7, 11) is 1.05. The zero-order chi connectivity index (χ0) is 8.39. The van der Waals surface area contributed by atoms with Crippen LogP contribution in [0.15, 0.2) is 30.3 Å². The monoisotopic (exact) mass is 195 g/mol. The fourth-order valence-corrected chi connectivity index (χ4v) is 2.80. The average molecular weight is 195 g/mol. The van der Waals surface area contributed by atoms with E-state index in [1.54, 1.807) is 0 Å². The van der Waals surface area contributed by atoms with Crippen LogP contribution >= 0.6 is 0 Å². The molecular weight excluding hydrogens is 183 g/mol. The molecule has 0 saturated carbocycles. The maximum absolute atomic E-state index is 2.34. The Morgan fingerprint density at radius 3 is 2.85 bits per heavy atom. The van der Waals surface area contributed by atoms with Crippen molar-refractivity contribution in [1.29, 1.82) is 0 Å². The minimum absolute atomic E-state index is 0.